The van der Waals surface area contributed by atoms with Crippen molar-refractivity contribution in [2.75, 3.05) is 5.73 Å². The third-order valence-electron chi connectivity index (χ3n) is 3.01. The molecule has 8 nitrogen and oxygen atoms in total. The molecule has 116 valence electrons. The number of carbonyl (C=O) groups excluding carboxylic acids is 2. The van der Waals surface area contributed by atoms with Crippen molar-refractivity contribution in [1.29, 1.82) is 0 Å². The number of nitrogen functional groups attached to an aromatic ring is 1. The molecule has 0 spiro atoms. The number of nitrogens with one attached hydrogen (secondary N) is 1. The summed E-state index contributed by atoms with van der Waals surface area (Å²) in [5, 5.41) is 3.16. The molecule has 0 aromatic carbocycles. The van der Waals surface area contributed by atoms with Gasteiger partial charge in [-0.15, -0.1) is 0 Å². The normalized spacial score (nSPS) is 10.6. The predicted octanol–water partition coefficient (Wildman–Crippen LogP) is 0.697. The van der Waals surface area contributed by atoms with Gasteiger partial charge in [0.05, 0.1) is 4.70 Å². The fraction of sp³-hybridized carbons (Fsp3) is 0.0714. The van der Waals surface area contributed by atoms with Gasteiger partial charge in [-0.2, -0.15) is 0 Å². The van der Waals surface area contributed by atoms with Crippen LogP contribution in [-0.4, -0.2) is 26.8 Å². The van der Waals surface area contributed by atoms with E-state index in [1.807, 2.05) is 6.07 Å². The van der Waals surface area contributed by atoms with Crippen molar-refractivity contribution in [1.82, 2.24) is 20.3 Å². The number of pyridine rings is 2. The number of carbonyl (C=O) groups is 2. The zero-order chi connectivity index (χ0) is 16.4. The first kappa shape index (κ1) is 14.9. The van der Waals surface area contributed by atoms with Gasteiger partial charge in [0.2, 0.25) is 0 Å². The summed E-state index contributed by atoms with van der Waals surface area (Å²) in [6.07, 6.45) is 1.62. The maximum Gasteiger partial charge on any atom is 0.270 e. The molecule has 0 aliphatic heterocycles. The van der Waals surface area contributed by atoms with E-state index in [2.05, 4.69) is 20.3 Å². The number of nitrogens with zero attached hydrogens (tertiary/aromatic N) is 3. The Labute approximate surface area is 134 Å². The van der Waals surface area contributed by atoms with E-state index in [0.29, 0.717) is 10.8 Å². The summed E-state index contributed by atoms with van der Waals surface area (Å²) in [5.74, 6) is -1.09. The second-order valence-electron chi connectivity index (χ2n) is 4.67. The van der Waals surface area contributed by atoms with Gasteiger partial charge in [0.1, 0.15) is 11.4 Å². The Hall–Kier alpha value is -3.07. The number of primary amides is 1. The highest BCUT2D eigenvalue weighted by atomic mass is 32.1. The second-order valence-corrected chi connectivity index (χ2v) is 5.73. The molecule has 3 aromatic heterocycles. The Morgan fingerprint density at radius 1 is 1.22 bits per heavy atom. The first-order chi connectivity index (χ1) is 11.0. The molecule has 0 saturated heterocycles. The van der Waals surface area contributed by atoms with E-state index >= 15 is 0 Å². The van der Waals surface area contributed by atoms with Crippen molar-refractivity contribution in [3.05, 3.63) is 47.4 Å². The molecule has 3 heterocycles. The predicted molar refractivity (Wildman–Crippen MR) is 85.8 cm³/mol. The van der Waals surface area contributed by atoms with Crippen molar-refractivity contribution in [2.24, 2.45) is 5.73 Å². The maximum absolute atomic E-state index is 12.1. The van der Waals surface area contributed by atoms with Crippen LogP contribution < -0.4 is 16.8 Å². The Bertz CT molecular complexity index is 907. The standard InChI is InChI=1S/C14H12N6O2S/c15-11(21)8-2-1-3-9(19-8)13(22)18-6-7-4-10-12(17-5-7)20-14(16)23-10/h1-5H,6H2,(H2,15,21)(H,18,22)(H2,16,17,20). The molecule has 0 radical (unpaired) electrons. The number of rotatable bonds is 4. The summed E-state index contributed by atoms with van der Waals surface area (Å²) < 4.78 is 0.850. The highest BCUT2D eigenvalue weighted by Gasteiger charge is 2.11. The number of thiazole rings is 1. The van der Waals surface area contributed by atoms with E-state index in [0.717, 1.165) is 10.3 Å². The van der Waals surface area contributed by atoms with Crippen LogP contribution in [0.3, 0.4) is 0 Å². The van der Waals surface area contributed by atoms with Crippen LogP contribution in [0.1, 0.15) is 26.5 Å². The molecular formula is C14H12N6O2S. The summed E-state index contributed by atoms with van der Waals surface area (Å²) >= 11 is 1.33. The lowest BCUT2D eigenvalue weighted by Gasteiger charge is -2.05. The van der Waals surface area contributed by atoms with Gasteiger partial charge in [-0.1, -0.05) is 17.4 Å². The molecule has 0 aliphatic carbocycles. The van der Waals surface area contributed by atoms with E-state index in [4.69, 9.17) is 11.5 Å². The molecule has 0 saturated carbocycles. The third-order valence-corrected chi connectivity index (χ3v) is 3.83. The van der Waals surface area contributed by atoms with Crippen LogP contribution in [0.5, 0.6) is 0 Å². The zero-order valence-corrected chi connectivity index (χ0v) is 12.6. The van der Waals surface area contributed by atoms with Crippen molar-refractivity contribution >= 4 is 38.6 Å². The van der Waals surface area contributed by atoms with Crippen molar-refractivity contribution in [2.45, 2.75) is 6.54 Å². The SMILES string of the molecule is NC(=O)c1cccc(C(=O)NCc2cnc3nc(N)sc3c2)n1. The molecule has 5 N–H and O–H groups in total. The lowest BCUT2D eigenvalue weighted by molar-refractivity contribution is 0.0945. The molecule has 9 heteroatoms. The van der Waals surface area contributed by atoms with E-state index < -0.39 is 11.8 Å². The van der Waals surface area contributed by atoms with Gasteiger partial charge in [0, 0.05) is 12.7 Å². The molecule has 23 heavy (non-hydrogen) atoms. The molecule has 2 amide bonds. The van der Waals surface area contributed by atoms with E-state index in [-0.39, 0.29) is 17.9 Å². The fourth-order valence-electron chi connectivity index (χ4n) is 1.94. The molecule has 3 rings (SSSR count). The smallest absolute Gasteiger partial charge is 0.270 e. The number of hydrogen-bond donors (Lipinski definition) is 3. The first-order valence-electron chi connectivity index (χ1n) is 6.59. The molecule has 0 atom stereocenters. The summed E-state index contributed by atoms with van der Waals surface area (Å²) in [6, 6.07) is 6.37. The van der Waals surface area contributed by atoms with Crippen LogP contribution in [0.2, 0.25) is 0 Å². The number of fused-ring (bicyclic) bond motifs is 1. The molecule has 0 bridgehead atoms. The summed E-state index contributed by atoms with van der Waals surface area (Å²) in [4.78, 5) is 35.3. The Morgan fingerprint density at radius 3 is 2.78 bits per heavy atom. The minimum Gasteiger partial charge on any atom is -0.375 e. The van der Waals surface area contributed by atoms with Gasteiger partial charge >= 0.3 is 0 Å². The van der Waals surface area contributed by atoms with E-state index in [1.54, 1.807) is 12.3 Å². The molecular weight excluding hydrogens is 316 g/mol. The Kier molecular flexibility index (Phi) is 3.85. The number of nitrogens with two attached hydrogens (primary N) is 2. The highest BCUT2D eigenvalue weighted by Crippen LogP contribution is 2.22. The number of hydrogen-bond acceptors (Lipinski definition) is 7. The number of amides is 2. The first-order valence-corrected chi connectivity index (χ1v) is 7.40. The zero-order valence-electron chi connectivity index (χ0n) is 11.8. The lowest BCUT2D eigenvalue weighted by Crippen LogP contribution is -2.25. The quantitative estimate of drug-likeness (QED) is 0.644. The maximum atomic E-state index is 12.1. The van der Waals surface area contributed by atoms with Gasteiger partial charge in [-0.3, -0.25) is 9.59 Å². The van der Waals surface area contributed by atoms with Crippen LogP contribution in [0.15, 0.2) is 30.5 Å². The van der Waals surface area contributed by atoms with Crippen LogP contribution in [0, 0.1) is 0 Å². The summed E-state index contributed by atoms with van der Waals surface area (Å²) in [6.45, 7) is 0.266. The summed E-state index contributed by atoms with van der Waals surface area (Å²) in [7, 11) is 0. The molecule has 0 unspecified atom stereocenters. The largest absolute Gasteiger partial charge is 0.375 e. The number of aromatic nitrogens is 3. The van der Waals surface area contributed by atoms with E-state index in [1.165, 1.54) is 23.5 Å². The van der Waals surface area contributed by atoms with Gasteiger partial charge in [0.15, 0.2) is 10.8 Å². The van der Waals surface area contributed by atoms with Crippen molar-refractivity contribution < 1.29 is 9.59 Å². The second kappa shape index (κ2) is 5.97. The monoisotopic (exact) mass is 328 g/mol. The third kappa shape index (κ3) is 3.24. The highest BCUT2D eigenvalue weighted by molar-refractivity contribution is 7.22. The van der Waals surface area contributed by atoms with Gasteiger partial charge < -0.3 is 16.8 Å². The average molecular weight is 328 g/mol. The molecule has 0 fully saturated rings. The fourth-order valence-corrected chi connectivity index (χ4v) is 2.70. The Morgan fingerprint density at radius 2 is 2.00 bits per heavy atom. The van der Waals surface area contributed by atoms with Gasteiger partial charge in [-0.05, 0) is 23.8 Å². The minimum absolute atomic E-state index is 0.0425. The lowest BCUT2D eigenvalue weighted by atomic mass is 10.2. The van der Waals surface area contributed by atoms with Gasteiger partial charge in [-0.25, -0.2) is 15.0 Å². The van der Waals surface area contributed by atoms with Crippen LogP contribution in [-0.2, 0) is 6.54 Å². The van der Waals surface area contributed by atoms with E-state index in [9.17, 15) is 9.59 Å². The number of anilines is 1. The van der Waals surface area contributed by atoms with Crippen LogP contribution in [0.4, 0.5) is 5.13 Å². The topological polar surface area (TPSA) is 137 Å². The van der Waals surface area contributed by atoms with Crippen molar-refractivity contribution in [3.8, 4) is 0 Å². The average Bonchev–Trinajstić information content (AvgIpc) is 2.91. The summed E-state index contributed by atoms with van der Waals surface area (Å²) in [5.41, 5.74) is 12.3. The van der Waals surface area contributed by atoms with Crippen LogP contribution in [0.25, 0.3) is 10.3 Å². The van der Waals surface area contributed by atoms with Gasteiger partial charge in [0.25, 0.3) is 11.8 Å². The molecule has 3 aromatic rings. The van der Waals surface area contributed by atoms with Crippen LogP contribution >= 0.6 is 11.3 Å². The minimum atomic E-state index is -0.683. The molecule has 0 aliphatic rings. The Balaban J connectivity index is 1.72. The van der Waals surface area contributed by atoms with Crippen molar-refractivity contribution in [3.63, 3.8) is 0 Å².